The zero-order chi connectivity index (χ0) is 16.4. The number of aliphatic hydroxyl groups excluding tert-OH is 1. The molecule has 0 aliphatic carbocycles. The van der Waals surface area contributed by atoms with E-state index in [0.29, 0.717) is 18.5 Å². The van der Waals surface area contributed by atoms with Crippen molar-refractivity contribution in [2.75, 3.05) is 19.6 Å². The molecule has 0 saturated carbocycles. The molecule has 1 fully saturated rings. The Kier molecular flexibility index (Phi) is 5.14. The van der Waals surface area contributed by atoms with Gasteiger partial charge in [-0.2, -0.15) is 0 Å². The predicted molar refractivity (Wildman–Crippen MR) is 94.1 cm³/mol. The van der Waals surface area contributed by atoms with Crippen LogP contribution in [0.1, 0.15) is 31.6 Å². The first-order chi connectivity index (χ1) is 11.1. The standard InChI is InChI=1S/C17H25N3O2S/c1-3-14-8-15-16(23-14)18-11-20(17(15)22)10-13(21)9-19-6-4-12(2)5-7-19/h8,11-13,21H,3-7,9-10H2,1-2H3/t13-/m1/s1. The summed E-state index contributed by atoms with van der Waals surface area (Å²) in [6.45, 7) is 7.36. The van der Waals surface area contributed by atoms with E-state index in [-0.39, 0.29) is 5.56 Å². The highest BCUT2D eigenvalue weighted by atomic mass is 32.1. The number of hydrogen-bond donors (Lipinski definition) is 1. The quantitative estimate of drug-likeness (QED) is 0.909. The van der Waals surface area contributed by atoms with Crippen LogP contribution in [0.2, 0.25) is 0 Å². The van der Waals surface area contributed by atoms with Gasteiger partial charge in [0.15, 0.2) is 0 Å². The minimum absolute atomic E-state index is 0.0442. The Morgan fingerprint density at radius 2 is 2.13 bits per heavy atom. The maximum Gasteiger partial charge on any atom is 0.262 e. The number of nitrogens with zero attached hydrogens (tertiary/aromatic N) is 3. The van der Waals surface area contributed by atoms with Gasteiger partial charge in [0.25, 0.3) is 5.56 Å². The number of hydrogen-bond acceptors (Lipinski definition) is 5. The van der Waals surface area contributed by atoms with Gasteiger partial charge in [-0.15, -0.1) is 11.3 Å². The monoisotopic (exact) mass is 335 g/mol. The summed E-state index contributed by atoms with van der Waals surface area (Å²) in [7, 11) is 0. The van der Waals surface area contributed by atoms with Crippen molar-refractivity contribution in [3.05, 3.63) is 27.6 Å². The van der Waals surface area contributed by atoms with Gasteiger partial charge in [0.05, 0.1) is 24.4 Å². The third kappa shape index (κ3) is 3.82. The van der Waals surface area contributed by atoms with Gasteiger partial charge in [-0.25, -0.2) is 4.98 Å². The molecule has 2 aromatic rings. The summed E-state index contributed by atoms with van der Waals surface area (Å²) in [4.78, 5) is 21.2. The lowest BCUT2D eigenvalue weighted by molar-refractivity contribution is 0.0794. The first-order valence-electron chi connectivity index (χ1n) is 8.45. The van der Waals surface area contributed by atoms with Gasteiger partial charge < -0.3 is 10.0 Å². The van der Waals surface area contributed by atoms with Crippen molar-refractivity contribution in [3.63, 3.8) is 0 Å². The van der Waals surface area contributed by atoms with E-state index in [0.717, 1.165) is 30.3 Å². The molecule has 1 aliphatic rings. The SMILES string of the molecule is CCc1cc2c(=O)n(C[C@H](O)CN3CCC(C)CC3)cnc2s1. The Hall–Kier alpha value is -1.24. The summed E-state index contributed by atoms with van der Waals surface area (Å²) >= 11 is 1.57. The van der Waals surface area contributed by atoms with Crippen LogP contribution in [-0.4, -0.2) is 45.3 Å². The lowest BCUT2D eigenvalue weighted by atomic mass is 9.99. The number of piperidine rings is 1. The molecule has 3 rings (SSSR count). The molecule has 2 aromatic heterocycles. The second-order valence-electron chi connectivity index (χ2n) is 6.62. The van der Waals surface area contributed by atoms with Crippen molar-refractivity contribution in [3.8, 4) is 0 Å². The minimum Gasteiger partial charge on any atom is -0.390 e. The van der Waals surface area contributed by atoms with Crippen LogP contribution in [0.4, 0.5) is 0 Å². The lowest BCUT2D eigenvalue weighted by Crippen LogP contribution is -2.40. The van der Waals surface area contributed by atoms with Crippen LogP contribution in [0.15, 0.2) is 17.2 Å². The largest absolute Gasteiger partial charge is 0.390 e. The fourth-order valence-electron chi connectivity index (χ4n) is 3.14. The maximum absolute atomic E-state index is 12.5. The molecule has 126 valence electrons. The summed E-state index contributed by atoms with van der Waals surface area (Å²) in [5.74, 6) is 0.781. The zero-order valence-electron chi connectivity index (χ0n) is 13.9. The van der Waals surface area contributed by atoms with Crippen LogP contribution in [0.25, 0.3) is 10.2 Å². The fourth-order valence-corrected chi connectivity index (χ4v) is 4.07. The number of fused-ring (bicyclic) bond motifs is 1. The molecule has 1 atom stereocenters. The van der Waals surface area contributed by atoms with Gasteiger partial charge in [-0.05, 0) is 44.3 Å². The predicted octanol–water partition coefficient (Wildman–Crippen LogP) is 2.11. The van der Waals surface area contributed by atoms with Crippen LogP contribution < -0.4 is 5.56 Å². The highest BCUT2D eigenvalue weighted by Crippen LogP contribution is 2.21. The van der Waals surface area contributed by atoms with Crippen LogP contribution >= 0.6 is 11.3 Å². The Morgan fingerprint density at radius 3 is 2.83 bits per heavy atom. The molecule has 0 bridgehead atoms. The number of thiophene rings is 1. The van der Waals surface area contributed by atoms with Crippen LogP contribution in [0, 0.1) is 5.92 Å². The van der Waals surface area contributed by atoms with Gasteiger partial charge in [0, 0.05) is 11.4 Å². The molecule has 1 saturated heterocycles. The molecule has 23 heavy (non-hydrogen) atoms. The third-order valence-corrected chi connectivity index (χ3v) is 5.86. The Balaban J connectivity index is 1.68. The van der Waals surface area contributed by atoms with Crippen molar-refractivity contribution in [1.29, 1.82) is 0 Å². The van der Waals surface area contributed by atoms with Crippen molar-refractivity contribution in [2.24, 2.45) is 5.92 Å². The van der Waals surface area contributed by atoms with Crippen molar-refractivity contribution < 1.29 is 5.11 Å². The minimum atomic E-state index is -0.537. The van der Waals surface area contributed by atoms with E-state index in [1.54, 1.807) is 22.2 Å². The molecule has 0 amide bonds. The average molecular weight is 335 g/mol. The second kappa shape index (κ2) is 7.11. The second-order valence-corrected chi connectivity index (χ2v) is 7.74. The highest BCUT2D eigenvalue weighted by molar-refractivity contribution is 7.18. The number of rotatable bonds is 5. The molecule has 0 spiro atoms. The average Bonchev–Trinajstić information content (AvgIpc) is 2.96. The zero-order valence-corrected chi connectivity index (χ0v) is 14.7. The lowest BCUT2D eigenvalue weighted by Gasteiger charge is -2.31. The first-order valence-corrected chi connectivity index (χ1v) is 9.26. The van der Waals surface area contributed by atoms with Crippen molar-refractivity contribution in [2.45, 2.75) is 45.8 Å². The van der Waals surface area contributed by atoms with Crippen molar-refractivity contribution in [1.82, 2.24) is 14.5 Å². The molecule has 0 unspecified atom stereocenters. The van der Waals surface area contributed by atoms with Crippen LogP contribution in [-0.2, 0) is 13.0 Å². The first kappa shape index (κ1) is 16.6. The van der Waals surface area contributed by atoms with E-state index in [9.17, 15) is 9.90 Å². The van der Waals surface area contributed by atoms with Gasteiger partial charge >= 0.3 is 0 Å². The maximum atomic E-state index is 12.5. The number of aliphatic hydroxyl groups is 1. The van der Waals surface area contributed by atoms with E-state index < -0.39 is 6.10 Å². The fraction of sp³-hybridized carbons (Fsp3) is 0.647. The summed E-state index contributed by atoms with van der Waals surface area (Å²) in [5, 5.41) is 11.0. The van der Waals surface area contributed by atoms with E-state index in [2.05, 4.69) is 23.7 Å². The summed E-state index contributed by atoms with van der Waals surface area (Å²) in [5.41, 5.74) is -0.0442. The molecule has 3 heterocycles. The molecule has 5 nitrogen and oxygen atoms in total. The van der Waals surface area contributed by atoms with Gasteiger partial charge in [0.2, 0.25) is 0 Å². The van der Waals surface area contributed by atoms with E-state index in [4.69, 9.17) is 0 Å². The molecule has 0 radical (unpaired) electrons. The van der Waals surface area contributed by atoms with Crippen LogP contribution in [0.3, 0.4) is 0 Å². The highest BCUT2D eigenvalue weighted by Gasteiger charge is 2.19. The summed E-state index contributed by atoms with van der Waals surface area (Å²) < 4.78 is 1.55. The normalized spacial score (nSPS) is 18.6. The number of aryl methyl sites for hydroxylation is 1. The van der Waals surface area contributed by atoms with Crippen LogP contribution in [0.5, 0.6) is 0 Å². The summed E-state index contributed by atoms with van der Waals surface area (Å²) in [6, 6.07) is 1.93. The molecule has 1 aliphatic heterocycles. The third-order valence-electron chi connectivity index (χ3n) is 4.67. The molecule has 0 aromatic carbocycles. The number of β-amino-alcohol motifs (C(OH)–C–C–N with tert-alkyl or cyclic N) is 1. The Bertz CT molecular complexity index is 716. The number of likely N-dealkylation sites (tertiary alicyclic amines) is 1. The summed E-state index contributed by atoms with van der Waals surface area (Å²) in [6.07, 6.45) is 4.33. The molecule has 1 N–H and O–H groups in total. The van der Waals surface area contributed by atoms with E-state index in [1.165, 1.54) is 17.7 Å². The number of aromatic nitrogens is 2. The topological polar surface area (TPSA) is 58.4 Å². The Labute approximate surface area is 140 Å². The van der Waals surface area contributed by atoms with E-state index >= 15 is 0 Å². The van der Waals surface area contributed by atoms with Gasteiger partial charge in [0.1, 0.15) is 4.83 Å². The van der Waals surface area contributed by atoms with Gasteiger partial charge in [-0.1, -0.05) is 13.8 Å². The van der Waals surface area contributed by atoms with Gasteiger partial charge in [-0.3, -0.25) is 9.36 Å². The smallest absolute Gasteiger partial charge is 0.262 e. The molecular weight excluding hydrogens is 310 g/mol. The molecular formula is C17H25N3O2S. The molecule has 6 heteroatoms. The Morgan fingerprint density at radius 1 is 1.39 bits per heavy atom. The van der Waals surface area contributed by atoms with Crippen molar-refractivity contribution >= 4 is 21.6 Å². The van der Waals surface area contributed by atoms with E-state index in [1.807, 2.05) is 6.07 Å².